The third-order valence-electron chi connectivity index (χ3n) is 5.53. The lowest BCUT2D eigenvalue weighted by Gasteiger charge is -2.19. The van der Waals surface area contributed by atoms with Gasteiger partial charge in [0.1, 0.15) is 5.75 Å². The molecule has 0 bridgehead atoms. The number of halogens is 1. The summed E-state index contributed by atoms with van der Waals surface area (Å²) in [6, 6.07) is 15.3. The molecule has 0 aliphatic carbocycles. The molecule has 0 aliphatic rings. The monoisotopic (exact) mass is 500 g/mol. The maximum Gasteiger partial charge on any atom is 0.255 e. The Morgan fingerprint density at radius 3 is 2.11 bits per heavy atom. The maximum atomic E-state index is 13.2. The highest BCUT2D eigenvalue weighted by Crippen LogP contribution is 2.48. The maximum absolute atomic E-state index is 13.2. The lowest BCUT2D eigenvalue weighted by Crippen LogP contribution is -2.24. The van der Waals surface area contributed by atoms with Crippen LogP contribution in [0.25, 0.3) is 0 Å². The number of methoxy groups -OCH3 is 3. The molecular formula is C27H33ClN2O5. The molecule has 3 aromatic rings. The van der Waals surface area contributed by atoms with E-state index in [1.807, 2.05) is 50.2 Å². The highest BCUT2D eigenvalue weighted by Gasteiger charge is 2.26. The van der Waals surface area contributed by atoms with E-state index in [2.05, 4.69) is 11.4 Å². The van der Waals surface area contributed by atoms with Crippen molar-refractivity contribution in [2.45, 2.75) is 26.8 Å². The Morgan fingerprint density at radius 2 is 1.54 bits per heavy atom. The van der Waals surface area contributed by atoms with E-state index >= 15 is 0 Å². The highest BCUT2D eigenvalue weighted by atomic mass is 35.5. The average molecular weight is 501 g/mol. The van der Waals surface area contributed by atoms with Crippen molar-refractivity contribution in [2.24, 2.45) is 5.73 Å². The summed E-state index contributed by atoms with van der Waals surface area (Å²) in [5.41, 5.74) is 10.3. The zero-order valence-electron chi connectivity index (χ0n) is 20.8. The van der Waals surface area contributed by atoms with E-state index in [0.717, 1.165) is 23.1 Å². The summed E-state index contributed by atoms with van der Waals surface area (Å²) >= 11 is 0. The van der Waals surface area contributed by atoms with E-state index in [-0.39, 0.29) is 35.4 Å². The van der Waals surface area contributed by atoms with Crippen molar-refractivity contribution in [1.82, 2.24) is 5.32 Å². The number of benzene rings is 3. The molecule has 0 radical (unpaired) electrons. The summed E-state index contributed by atoms with van der Waals surface area (Å²) in [6.45, 7) is 5.01. The van der Waals surface area contributed by atoms with Gasteiger partial charge in [-0.25, -0.2) is 0 Å². The van der Waals surface area contributed by atoms with Gasteiger partial charge in [0.05, 0.1) is 26.9 Å². The number of nitrogens with one attached hydrogen (secondary N) is 1. The third kappa shape index (κ3) is 6.59. The first kappa shape index (κ1) is 27.8. The molecule has 0 spiro atoms. The quantitative estimate of drug-likeness (QED) is 0.408. The summed E-state index contributed by atoms with van der Waals surface area (Å²) < 4.78 is 22.7. The van der Waals surface area contributed by atoms with Gasteiger partial charge in [-0.1, -0.05) is 35.9 Å². The van der Waals surface area contributed by atoms with E-state index < -0.39 is 0 Å². The molecule has 3 aromatic carbocycles. The Labute approximate surface area is 212 Å². The molecule has 0 saturated heterocycles. The molecule has 0 heterocycles. The topological polar surface area (TPSA) is 92.0 Å². The molecule has 188 valence electrons. The second kappa shape index (κ2) is 12.9. The smallest absolute Gasteiger partial charge is 0.255 e. The molecule has 3 rings (SSSR count). The molecular weight excluding hydrogens is 468 g/mol. The van der Waals surface area contributed by atoms with Gasteiger partial charge in [-0.2, -0.15) is 0 Å². The molecule has 7 nitrogen and oxygen atoms in total. The third-order valence-corrected chi connectivity index (χ3v) is 5.53. The molecule has 0 unspecified atom stereocenters. The molecule has 0 saturated carbocycles. The normalized spacial score (nSPS) is 10.2. The Morgan fingerprint density at radius 1 is 0.886 bits per heavy atom. The molecule has 0 fully saturated rings. The fourth-order valence-electron chi connectivity index (χ4n) is 3.76. The van der Waals surface area contributed by atoms with Crippen LogP contribution in [0, 0.1) is 13.8 Å². The van der Waals surface area contributed by atoms with Gasteiger partial charge in [0.15, 0.2) is 11.5 Å². The Kier molecular flexibility index (Phi) is 10.2. The Balaban J connectivity index is 0.00000432. The molecule has 35 heavy (non-hydrogen) atoms. The lowest BCUT2D eigenvalue weighted by molar-refractivity contribution is 0.0946. The van der Waals surface area contributed by atoms with E-state index in [9.17, 15) is 4.79 Å². The van der Waals surface area contributed by atoms with Gasteiger partial charge in [0, 0.05) is 12.6 Å². The number of nitrogens with two attached hydrogens (primary N) is 1. The van der Waals surface area contributed by atoms with Crippen LogP contribution >= 0.6 is 12.4 Å². The predicted molar refractivity (Wildman–Crippen MR) is 140 cm³/mol. The van der Waals surface area contributed by atoms with Crippen molar-refractivity contribution < 1.29 is 23.7 Å². The number of carbonyl (C=O) groups is 1. The van der Waals surface area contributed by atoms with Crippen molar-refractivity contribution >= 4 is 18.3 Å². The van der Waals surface area contributed by atoms with Crippen LogP contribution in [0.5, 0.6) is 28.7 Å². The molecule has 8 heteroatoms. The van der Waals surface area contributed by atoms with Gasteiger partial charge in [-0.15, -0.1) is 12.4 Å². The van der Waals surface area contributed by atoms with Gasteiger partial charge in [-0.3, -0.25) is 4.79 Å². The van der Waals surface area contributed by atoms with Crippen molar-refractivity contribution in [3.8, 4) is 28.7 Å². The second-order valence-electron chi connectivity index (χ2n) is 7.92. The van der Waals surface area contributed by atoms with Crippen LogP contribution in [0.3, 0.4) is 0 Å². The summed E-state index contributed by atoms with van der Waals surface area (Å²) in [5.74, 6) is 1.48. The van der Waals surface area contributed by atoms with E-state index in [4.69, 9.17) is 24.7 Å². The molecule has 0 aromatic heterocycles. The number of aryl methyl sites for hydroxylation is 2. The number of ether oxygens (including phenoxy) is 4. The standard InChI is InChI=1S/C27H32N2O5.ClH/c1-17-6-9-20(18(2)14-17)16-29-27(30)22-15-23(25(32-4)26(33-5)24(22)31-3)34-21-10-7-19(8-11-21)12-13-28;/h6-11,14-15H,12-13,16,28H2,1-5H3,(H,29,30);1H. The van der Waals surface area contributed by atoms with Crippen molar-refractivity contribution in [2.75, 3.05) is 27.9 Å². The SMILES string of the molecule is COc1c(Oc2ccc(CCN)cc2)cc(C(=O)NCc2ccc(C)cc2C)c(OC)c1OC.Cl. The zero-order valence-corrected chi connectivity index (χ0v) is 21.6. The van der Waals surface area contributed by atoms with Gasteiger partial charge in [0.25, 0.3) is 5.91 Å². The summed E-state index contributed by atoms with van der Waals surface area (Å²) in [6.07, 6.45) is 0.782. The van der Waals surface area contributed by atoms with Gasteiger partial charge >= 0.3 is 0 Å². The molecule has 3 N–H and O–H groups in total. The van der Waals surface area contributed by atoms with Crippen LogP contribution in [0.1, 0.15) is 32.6 Å². The molecule has 0 aliphatic heterocycles. The minimum Gasteiger partial charge on any atom is -0.492 e. The second-order valence-corrected chi connectivity index (χ2v) is 7.92. The first-order valence-corrected chi connectivity index (χ1v) is 11.1. The Bertz CT molecular complexity index is 1150. The van der Waals surface area contributed by atoms with Gasteiger partial charge in [-0.05, 0) is 55.6 Å². The minimum atomic E-state index is -0.319. The fraction of sp³-hybridized carbons (Fsp3) is 0.296. The van der Waals surface area contributed by atoms with Crippen molar-refractivity contribution in [3.05, 3.63) is 76.3 Å². The lowest BCUT2D eigenvalue weighted by atomic mass is 10.1. The average Bonchev–Trinajstić information content (AvgIpc) is 2.83. The number of hydrogen-bond donors (Lipinski definition) is 2. The number of amides is 1. The Hall–Kier alpha value is -3.42. The van der Waals surface area contributed by atoms with Crippen LogP contribution in [0.2, 0.25) is 0 Å². The first-order valence-electron chi connectivity index (χ1n) is 11.1. The van der Waals surface area contributed by atoms with Crippen molar-refractivity contribution in [1.29, 1.82) is 0 Å². The van der Waals surface area contributed by atoms with Crippen LogP contribution in [-0.4, -0.2) is 33.8 Å². The fourth-order valence-corrected chi connectivity index (χ4v) is 3.76. The van der Waals surface area contributed by atoms with Crippen LogP contribution in [0.4, 0.5) is 0 Å². The molecule has 0 atom stereocenters. The number of rotatable bonds is 10. The number of carbonyl (C=O) groups excluding carboxylic acids is 1. The van der Waals surface area contributed by atoms with E-state index in [1.54, 1.807) is 6.07 Å². The summed E-state index contributed by atoms with van der Waals surface area (Å²) in [4.78, 5) is 13.2. The van der Waals surface area contributed by atoms with Crippen LogP contribution < -0.4 is 30.0 Å². The van der Waals surface area contributed by atoms with Gasteiger partial charge < -0.3 is 30.0 Å². The van der Waals surface area contributed by atoms with Gasteiger partial charge in [0.2, 0.25) is 11.5 Å². The summed E-state index contributed by atoms with van der Waals surface area (Å²) in [7, 11) is 4.48. The minimum absolute atomic E-state index is 0. The van der Waals surface area contributed by atoms with Crippen LogP contribution in [-0.2, 0) is 13.0 Å². The molecule has 1 amide bonds. The largest absolute Gasteiger partial charge is 0.492 e. The number of hydrogen-bond acceptors (Lipinski definition) is 6. The predicted octanol–water partition coefficient (Wildman–Crippen LogP) is 4.97. The van der Waals surface area contributed by atoms with Crippen LogP contribution in [0.15, 0.2) is 48.5 Å². The van der Waals surface area contributed by atoms with E-state index in [1.165, 1.54) is 26.9 Å². The highest BCUT2D eigenvalue weighted by molar-refractivity contribution is 5.99. The zero-order chi connectivity index (χ0) is 24.7. The first-order chi connectivity index (χ1) is 16.4. The summed E-state index contributed by atoms with van der Waals surface area (Å²) in [5, 5.41) is 2.97. The van der Waals surface area contributed by atoms with Crippen molar-refractivity contribution in [3.63, 3.8) is 0 Å². The van der Waals surface area contributed by atoms with E-state index in [0.29, 0.717) is 30.3 Å².